The third-order valence-corrected chi connectivity index (χ3v) is 8.36. The third-order valence-electron chi connectivity index (χ3n) is 8.36. The van der Waals surface area contributed by atoms with E-state index in [0.717, 1.165) is 5.70 Å². The van der Waals surface area contributed by atoms with Crippen LogP contribution in [0.2, 0.25) is 0 Å². The van der Waals surface area contributed by atoms with E-state index in [1.165, 1.54) is 55.9 Å². The molecule has 0 atom stereocenters. The Morgan fingerprint density at radius 2 is 1.03 bits per heavy atom. The van der Waals surface area contributed by atoms with E-state index >= 15 is 0 Å². The van der Waals surface area contributed by atoms with Crippen LogP contribution in [0.3, 0.4) is 0 Å². The maximum atomic E-state index is 3.98. The monoisotopic (exact) mass is 467 g/mol. The van der Waals surface area contributed by atoms with E-state index in [0.29, 0.717) is 0 Å². The van der Waals surface area contributed by atoms with E-state index in [1.807, 2.05) is 6.08 Å². The molecule has 2 aliphatic carbocycles. The Morgan fingerprint density at radius 3 is 1.47 bits per heavy atom. The zero-order valence-electron chi connectivity index (χ0n) is 21.9. The summed E-state index contributed by atoms with van der Waals surface area (Å²) < 4.78 is 0. The summed E-state index contributed by atoms with van der Waals surface area (Å²) >= 11 is 0. The van der Waals surface area contributed by atoms with E-state index < -0.39 is 0 Å². The molecule has 36 heavy (non-hydrogen) atoms. The molecule has 0 saturated carbocycles. The highest BCUT2D eigenvalue weighted by Gasteiger charge is 2.37. The second-order valence-corrected chi connectivity index (χ2v) is 11.2. The molecule has 178 valence electrons. The van der Waals surface area contributed by atoms with Crippen molar-refractivity contribution >= 4 is 11.4 Å². The van der Waals surface area contributed by atoms with Crippen molar-refractivity contribution < 1.29 is 0 Å². The standard InChI is InChI=1S/C35H33N/c1-7-12-23(2)36(24-17-19-28-26-13-8-10-15-30(26)34(3,4)32(28)21-24)25-18-20-29-27-14-9-11-16-31(27)35(5,6)33(29)22-25/h7-22H,1H2,2-6H3/b23-12+. The average molecular weight is 468 g/mol. The minimum Gasteiger partial charge on any atom is -0.314 e. The second-order valence-electron chi connectivity index (χ2n) is 11.2. The highest BCUT2D eigenvalue weighted by Crippen LogP contribution is 2.52. The Bertz CT molecular complexity index is 1460. The number of hydrogen-bond donors (Lipinski definition) is 0. The quantitative estimate of drug-likeness (QED) is 0.270. The Balaban J connectivity index is 1.52. The zero-order chi connectivity index (χ0) is 25.2. The SMILES string of the molecule is C=C/C=C(\C)N(c1ccc2c(c1)C(C)(C)c1ccccc1-2)c1ccc2c(c1)C(C)(C)c1ccccc1-2. The van der Waals surface area contributed by atoms with Gasteiger partial charge in [0.05, 0.1) is 0 Å². The van der Waals surface area contributed by atoms with Crippen molar-refractivity contribution in [1.82, 2.24) is 0 Å². The Morgan fingerprint density at radius 1 is 0.611 bits per heavy atom. The number of rotatable bonds is 4. The minimum atomic E-state index is -0.0365. The average Bonchev–Trinajstić information content (AvgIpc) is 3.24. The molecule has 0 saturated heterocycles. The molecule has 1 heteroatoms. The number of nitrogens with zero attached hydrogens (tertiary/aromatic N) is 1. The molecule has 0 spiro atoms. The summed E-state index contributed by atoms with van der Waals surface area (Å²) in [6.45, 7) is 15.5. The molecular formula is C35H33N. The fourth-order valence-electron chi connectivity index (χ4n) is 6.46. The van der Waals surface area contributed by atoms with Gasteiger partial charge in [0.1, 0.15) is 0 Å². The molecule has 0 heterocycles. The molecule has 0 fully saturated rings. The summed E-state index contributed by atoms with van der Waals surface area (Å²) in [6.07, 6.45) is 3.98. The molecule has 0 N–H and O–H groups in total. The van der Waals surface area contributed by atoms with Gasteiger partial charge in [-0.2, -0.15) is 0 Å². The van der Waals surface area contributed by atoms with Gasteiger partial charge in [0.15, 0.2) is 0 Å². The summed E-state index contributed by atoms with van der Waals surface area (Å²) in [6, 6.07) is 31.6. The Kier molecular flexibility index (Phi) is 4.92. The Hall–Kier alpha value is -3.84. The molecule has 0 aliphatic heterocycles. The van der Waals surface area contributed by atoms with Crippen LogP contribution < -0.4 is 4.90 Å². The first-order valence-corrected chi connectivity index (χ1v) is 12.8. The minimum absolute atomic E-state index is 0.0365. The van der Waals surface area contributed by atoms with Crippen molar-refractivity contribution in [3.63, 3.8) is 0 Å². The first kappa shape index (κ1) is 22.6. The lowest BCUT2D eigenvalue weighted by molar-refractivity contribution is 0.660. The lowest BCUT2D eigenvalue weighted by Crippen LogP contribution is -2.19. The van der Waals surface area contributed by atoms with Gasteiger partial charge in [-0.25, -0.2) is 0 Å². The van der Waals surface area contributed by atoms with Crippen LogP contribution in [0.1, 0.15) is 56.9 Å². The van der Waals surface area contributed by atoms with Crippen molar-refractivity contribution in [3.05, 3.63) is 132 Å². The van der Waals surface area contributed by atoms with E-state index in [9.17, 15) is 0 Å². The van der Waals surface area contributed by atoms with Crippen molar-refractivity contribution in [2.75, 3.05) is 4.90 Å². The van der Waals surface area contributed by atoms with Crippen LogP contribution in [0, 0.1) is 0 Å². The Labute approximate surface area is 215 Å². The van der Waals surface area contributed by atoms with E-state index in [-0.39, 0.29) is 10.8 Å². The largest absolute Gasteiger partial charge is 0.314 e. The molecule has 0 amide bonds. The molecule has 6 rings (SSSR count). The molecule has 0 unspecified atom stereocenters. The van der Waals surface area contributed by atoms with Gasteiger partial charge >= 0.3 is 0 Å². The van der Waals surface area contributed by atoms with E-state index in [2.05, 4.69) is 137 Å². The van der Waals surface area contributed by atoms with Crippen LogP contribution in [0.15, 0.2) is 109 Å². The molecular weight excluding hydrogens is 434 g/mol. The molecule has 4 aromatic carbocycles. The third kappa shape index (κ3) is 3.09. The van der Waals surface area contributed by atoms with Gasteiger partial charge in [0, 0.05) is 27.9 Å². The van der Waals surface area contributed by atoms with Gasteiger partial charge in [-0.05, 0) is 81.8 Å². The van der Waals surface area contributed by atoms with Crippen molar-refractivity contribution in [2.24, 2.45) is 0 Å². The predicted octanol–water partition coefficient (Wildman–Crippen LogP) is 9.53. The molecule has 4 aromatic rings. The van der Waals surface area contributed by atoms with Crippen molar-refractivity contribution in [1.29, 1.82) is 0 Å². The molecule has 0 aromatic heterocycles. The van der Waals surface area contributed by atoms with E-state index in [1.54, 1.807) is 0 Å². The molecule has 0 radical (unpaired) electrons. The fourth-order valence-corrected chi connectivity index (χ4v) is 6.46. The van der Waals surface area contributed by atoms with Crippen molar-refractivity contribution in [3.8, 4) is 22.3 Å². The van der Waals surface area contributed by atoms with Crippen LogP contribution in [0.4, 0.5) is 11.4 Å². The van der Waals surface area contributed by atoms with Crippen LogP contribution >= 0.6 is 0 Å². The molecule has 1 nitrogen and oxygen atoms in total. The number of hydrogen-bond acceptors (Lipinski definition) is 1. The maximum absolute atomic E-state index is 3.98. The van der Waals surface area contributed by atoms with Gasteiger partial charge in [-0.1, -0.05) is 101 Å². The smallest absolute Gasteiger partial charge is 0.0461 e. The number of anilines is 2. The van der Waals surface area contributed by atoms with Crippen LogP contribution in [-0.4, -0.2) is 0 Å². The van der Waals surface area contributed by atoms with Gasteiger partial charge < -0.3 is 4.90 Å². The first-order valence-electron chi connectivity index (χ1n) is 12.8. The second kappa shape index (κ2) is 7.83. The summed E-state index contributed by atoms with van der Waals surface area (Å²) in [5.74, 6) is 0. The van der Waals surface area contributed by atoms with E-state index in [4.69, 9.17) is 0 Å². The first-order chi connectivity index (χ1) is 17.2. The van der Waals surface area contributed by atoms with Crippen LogP contribution in [0.25, 0.3) is 22.3 Å². The highest BCUT2D eigenvalue weighted by atomic mass is 15.1. The zero-order valence-corrected chi connectivity index (χ0v) is 21.9. The summed E-state index contributed by atoms with van der Waals surface area (Å²) in [7, 11) is 0. The number of benzene rings is 4. The topological polar surface area (TPSA) is 3.24 Å². The summed E-state index contributed by atoms with van der Waals surface area (Å²) in [5.41, 5.74) is 14.4. The van der Waals surface area contributed by atoms with Gasteiger partial charge in [-0.15, -0.1) is 0 Å². The number of fused-ring (bicyclic) bond motifs is 6. The normalized spacial score (nSPS) is 16.1. The predicted molar refractivity (Wildman–Crippen MR) is 154 cm³/mol. The maximum Gasteiger partial charge on any atom is 0.0461 e. The number of allylic oxidation sites excluding steroid dienone is 3. The lowest BCUT2D eigenvalue weighted by atomic mass is 9.82. The summed E-state index contributed by atoms with van der Waals surface area (Å²) in [5, 5.41) is 0. The van der Waals surface area contributed by atoms with Gasteiger partial charge in [-0.3, -0.25) is 0 Å². The fraction of sp³-hybridized carbons (Fsp3) is 0.200. The van der Waals surface area contributed by atoms with Gasteiger partial charge in [0.2, 0.25) is 0 Å². The van der Waals surface area contributed by atoms with Crippen molar-refractivity contribution in [2.45, 2.75) is 45.4 Å². The lowest BCUT2D eigenvalue weighted by Gasteiger charge is -2.30. The molecule has 0 bridgehead atoms. The highest BCUT2D eigenvalue weighted by molar-refractivity contribution is 5.86. The van der Waals surface area contributed by atoms with Gasteiger partial charge in [0.25, 0.3) is 0 Å². The van der Waals surface area contributed by atoms with Crippen LogP contribution in [0.5, 0.6) is 0 Å². The molecule has 2 aliphatic rings. The summed E-state index contributed by atoms with van der Waals surface area (Å²) in [4.78, 5) is 2.38. The van der Waals surface area contributed by atoms with Crippen LogP contribution in [-0.2, 0) is 10.8 Å².